The van der Waals surface area contributed by atoms with Crippen LogP contribution < -0.4 is 0 Å². The molecule has 2 aromatic rings. The summed E-state index contributed by atoms with van der Waals surface area (Å²) in [4.78, 5) is 12.9. The zero-order valence-electron chi connectivity index (χ0n) is 8.51. The quantitative estimate of drug-likeness (QED) is 0.756. The van der Waals surface area contributed by atoms with Crippen LogP contribution in [-0.4, -0.2) is 5.78 Å². The van der Waals surface area contributed by atoms with Gasteiger partial charge in [0.25, 0.3) is 0 Å². The van der Waals surface area contributed by atoms with E-state index in [1.54, 1.807) is 35.6 Å². The average molecular weight is 227 g/mol. The molecule has 0 saturated carbocycles. The molecular weight excluding hydrogens is 218 g/mol. The number of hydrogen-bond donors (Lipinski definition) is 0. The normalized spacial score (nSPS) is 9.69. The summed E-state index contributed by atoms with van der Waals surface area (Å²) in [7, 11) is 0. The number of benzene rings is 1. The number of carbonyl (C=O) groups is 1. The number of Topliss-reactive ketones (excluding diaryl/α,β-unsaturated/α-hetero) is 1. The van der Waals surface area contributed by atoms with E-state index in [2.05, 4.69) is 0 Å². The molecule has 0 fully saturated rings. The van der Waals surface area contributed by atoms with Gasteiger partial charge in [-0.25, -0.2) is 0 Å². The van der Waals surface area contributed by atoms with Gasteiger partial charge in [-0.15, -0.1) is 11.3 Å². The highest BCUT2D eigenvalue weighted by Crippen LogP contribution is 2.13. The first-order valence-corrected chi connectivity index (χ1v) is 5.73. The minimum Gasteiger partial charge on any atom is -0.294 e. The van der Waals surface area contributed by atoms with Gasteiger partial charge in [0.1, 0.15) is 0 Å². The lowest BCUT2D eigenvalue weighted by molar-refractivity contribution is 0.0994. The molecule has 1 aromatic carbocycles. The van der Waals surface area contributed by atoms with Crippen molar-refractivity contribution in [1.82, 2.24) is 0 Å². The fourth-order valence-electron chi connectivity index (χ4n) is 1.44. The summed E-state index contributed by atoms with van der Waals surface area (Å²) in [5.74, 6) is 0.0551. The van der Waals surface area contributed by atoms with Crippen molar-refractivity contribution in [1.29, 1.82) is 5.26 Å². The number of ketones is 1. The lowest BCUT2D eigenvalue weighted by atomic mass is 10.1. The van der Waals surface area contributed by atoms with Crippen LogP contribution in [0.1, 0.15) is 20.8 Å². The molecule has 16 heavy (non-hydrogen) atoms. The Morgan fingerprint density at radius 2 is 2.19 bits per heavy atom. The van der Waals surface area contributed by atoms with Crippen LogP contribution in [0.15, 0.2) is 41.8 Å². The van der Waals surface area contributed by atoms with Crippen LogP contribution in [0.3, 0.4) is 0 Å². The molecule has 1 heterocycles. The molecule has 0 atom stereocenters. The Labute approximate surface area is 97.8 Å². The Morgan fingerprint density at radius 1 is 1.31 bits per heavy atom. The molecule has 2 nitrogen and oxygen atoms in total. The first-order valence-electron chi connectivity index (χ1n) is 4.85. The van der Waals surface area contributed by atoms with E-state index in [4.69, 9.17) is 5.26 Å². The molecule has 0 radical (unpaired) electrons. The topological polar surface area (TPSA) is 40.9 Å². The molecule has 0 amide bonds. The molecule has 78 valence electrons. The van der Waals surface area contributed by atoms with Crippen molar-refractivity contribution in [3.05, 3.63) is 57.8 Å². The Balaban J connectivity index is 2.18. The summed E-state index contributed by atoms with van der Waals surface area (Å²) in [6, 6.07) is 12.7. The summed E-state index contributed by atoms with van der Waals surface area (Å²) in [6.07, 6.45) is 0.409. The molecule has 0 N–H and O–H groups in total. The molecule has 0 aliphatic rings. The number of nitriles is 1. The fraction of sp³-hybridized carbons (Fsp3) is 0.0769. The third kappa shape index (κ3) is 2.36. The van der Waals surface area contributed by atoms with Crippen molar-refractivity contribution in [3.8, 4) is 6.07 Å². The Morgan fingerprint density at radius 3 is 2.88 bits per heavy atom. The van der Waals surface area contributed by atoms with Gasteiger partial charge in [-0.05, 0) is 23.6 Å². The van der Waals surface area contributed by atoms with Crippen molar-refractivity contribution in [2.24, 2.45) is 0 Å². The Kier molecular flexibility index (Phi) is 3.13. The average Bonchev–Trinajstić information content (AvgIpc) is 2.82. The van der Waals surface area contributed by atoms with Crippen LogP contribution in [0, 0.1) is 11.3 Å². The molecule has 0 aliphatic carbocycles. The summed E-state index contributed by atoms with van der Waals surface area (Å²) in [5, 5.41) is 10.7. The SMILES string of the molecule is N#Cc1cccc(C(=O)Cc2cccs2)c1. The number of nitrogens with zero attached hydrogens (tertiary/aromatic N) is 1. The van der Waals surface area contributed by atoms with E-state index in [-0.39, 0.29) is 5.78 Å². The molecular formula is C13H9NOS. The van der Waals surface area contributed by atoms with E-state index in [1.165, 1.54) is 0 Å². The van der Waals surface area contributed by atoms with Gasteiger partial charge in [-0.3, -0.25) is 4.79 Å². The van der Waals surface area contributed by atoms with Crippen LogP contribution in [-0.2, 0) is 6.42 Å². The number of thiophene rings is 1. The van der Waals surface area contributed by atoms with E-state index in [0.29, 0.717) is 17.5 Å². The van der Waals surface area contributed by atoms with Gasteiger partial charge in [0, 0.05) is 16.9 Å². The predicted octanol–water partition coefficient (Wildman–Crippen LogP) is 3.05. The standard InChI is InChI=1S/C13H9NOS/c14-9-10-3-1-4-11(7-10)13(15)8-12-5-2-6-16-12/h1-7H,8H2. The van der Waals surface area contributed by atoms with Crippen molar-refractivity contribution >= 4 is 17.1 Å². The number of rotatable bonds is 3. The van der Waals surface area contributed by atoms with E-state index in [9.17, 15) is 4.79 Å². The molecule has 3 heteroatoms. The number of carbonyl (C=O) groups excluding carboxylic acids is 1. The highest BCUT2D eigenvalue weighted by molar-refractivity contribution is 7.10. The first-order chi connectivity index (χ1) is 7.79. The Hall–Kier alpha value is -1.92. The van der Waals surface area contributed by atoms with Crippen molar-refractivity contribution in [2.45, 2.75) is 6.42 Å². The fourth-order valence-corrected chi connectivity index (χ4v) is 2.14. The minimum absolute atomic E-state index is 0.0551. The smallest absolute Gasteiger partial charge is 0.168 e. The maximum atomic E-state index is 11.9. The van der Waals surface area contributed by atoms with Gasteiger partial charge in [-0.2, -0.15) is 5.26 Å². The molecule has 0 saturated heterocycles. The lowest BCUT2D eigenvalue weighted by Gasteiger charge is -1.99. The second kappa shape index (κ2) is 4.73. The monoisotopic (exact) mass is 227 g/mol. The van der Waals surface area contributed by atoms with Crippen LogP contribution in [0.4, 0.5) is 0 Å². The third-order valence-corrected chi connectivity index (χ3v) is 3.10. The Bertz CT molecular complexity index is 537. The zero-order valence-corrected chi connectivity index (χ0v) is 9.33. The minimum atomic E-state index is 0.0551. The summed E-state index contributed by atoms with van der Waals surface area (Å²) < 4.78 is 0. The van der Waals surface area contributed by atoms with Gasteiger partial charge in [0.15, 0.2) is 5.78 Å². The van der Waals surface area contributed by atoms with Crippen LogP contribution in [0.25, 0.3) is 0 Å². The van der Waals surface area contributed by atoms with E-state index in [0.717, 1.165) is 4.88 Å². The first kappa shape index (κ1) is 10.6. The maximum absolute atomic E-state index is 11.9. The largest absolute Gasteiger partial charge is 0.294 e. The van der Waals surface area contributed by atoms with E-state index < -0.39 is 0 Å². The van der Waals surface area contributed by atoms with E-state index >= 15 is 0 Å². The van der Waals surface area contributed by atoms with Gasteiger partial charge >= 0.3 is 0 Å². The summed E-state index contributed by atoms with van der Waals surface area (Å²) in [6.45, 7) is 0. The highest BCUT2D eigenvalue weighted by Gasteiger charge is 2.08. The second-order valence-corrected chi connectivity index (χ2v) is 4.40. The third-order valence-electron chi connectivity index (χ3n) is 2.23. The van der Waals surface area contributed by atoms with Crippen molar-refractivity contribution < 1.29 is 4.79 Å². The molecule has 0 bridgehead atoms. The zero-order chi connectivity index (χ0) is 11.4. The summed E-state index contributed by atoms with van der Waals surface area (Å²) >= 11 is 1.57. The lowest BCUT2D eigenvalue weighted by Crippen LogP contribution is -2.02. The van der Waals surface area contributed by atoms with Crippen LogP contribution in [0.5, 0.6) is 0 Å². The molecule has 0 aliphatic heterocycles. The molecule has 0 unspecified atom stereocenters. The predicted molar refractivity (Wildman–Crippen MR) is 63.5 cm³/mol. The molecule has 2 rings (SSSR count). The van der Waals surface area contributed by atoms with Gasteiger partial charge in [0.05, 0.1) is 11.6 Å². The van der Waals surface area contributed by atoms with Gasteiger partial charge < -0.3 is 0 Å². The molecule has 1 aromatic heterocycles. The van der Waals surface area contributed by atoms with Crippen molar-refractivity contribution in [2.75, 3.05) is 0 Å². The van der Waals surface area contributed by atoms with Gasteiger partial charge in [0.2, 0.25) is 0 Å². The highest BCUT2D eigenvalue weighted by atomic mass is 32.1. The van der Waals surface area contributed by atoms with Crippen LogP contribution >= 0.6 is 11.3 Å². The second-order valence-electron chi connectivity index (χ2n) is 3.37. The van der Waals surface area contributed by atoms with Gasteiger partial charge in [-0.1, -0.05) is 18.2 Å². The van der Waals surface area contributed by atoms with Crippen molar-refractivity contribution in [3.63, 3.8) is 0 Å². The summed E-state index contributed by atoms with van der Waals surface area (Å²) in [5.41, 5.74) is 1.13. The maximum Gasteiger partial charge on any atom is 0.168 e. The number of hydrogen-bond acceptors (Lipinski definition) is 3. The molecule has 0 spiro atoms. The van der Waals surface area contributed by atoms with Crippen LogP contribution in [0.2, 0.25) is 0 Å². The van der Waals surface area contributed by atoms with E-state index in [1.807, 2.05) is 23.6 Å².